The molecule has 1 N–H and O–H groups in total. The molecule has 2 aromatic carbocycles. The number of pyridine rings is 1. The quantitative estimate of drug-likeness (QED) is 0.456. The molecule has 1 aromatic heterocycles. The van der Waals surface area contributed by atoms with Crippen LogP contribution in [0.5, 0.6) is 0 Å². The second-order valence-corrected chi connectivity index (χ2v) is 10.6. The fourth-order valence-corrected chi connectivity index (χ4v) is 5.34. The number of aryl methyl sites for hydroxylation is 1. The van der Waals surface area contributed by atoms with E-state index in [1.54, 1.807) is 0 Å². The number of fused-ring (bicyclic) bond motifs is 1. The van der Waals surface area contributed by atoms with Crippen LogP contribution in [0, 0.1) is 18.3 Å². The Hall–Kier alpha value is -2.20. The van der Waals surface area contributed by atoms with Crippen molar-refractivity contribution in [3.63, 3.8) is 0 Å². The molecular formula is C26H29BrN2O. The number of rotatable bonds is 3. The Morgan fingerprint density at radius 3 is 2.53 bits per heavy atom. The molecular weight excluding hydrogens is 436 g/mol. The van der Waals surface area contributed by atoms with Gasteiger partial charge in [-0.3, -0.25) is 4.79 Å². The van der Waals surface area contributed by atoms with E-state index >= 15 is 0 Å². The van der Waals surface area contributed by atoms with Crippen molar-refractivity contribution in [1.82, 2.24) is 10.3 Å². The molecule has 0 spiro atoms. The van der Waals surface area contributed by atoms with Crippen molar-refractivity contribution in [3.8, 4) is 11.3 Å². The molecule has 0 radical (unpaired) electrons. The number of hydrogen-bond acceptors (Lipinski definition) is 2. The molecule has 3 aromatic rings. The van der Waals surface area contributed by atoms with Crippen LogP contribution in [0.15, 0.2) is 53.0 Å². The van der Waals surface area contributed by atoms with Crippen LogP contribution >= 0.6 is 15.9 Å². The van der Waals surface area contributed by atoms with Crippen LogP contribution in [0.25, 0.3) is 22.2 Å². The molecule has 1 heterocycles. The number of halogens is 1. The highest BCUT2D eigenvalue weighted by Crippen LogP contribution is 2.38. The molecule has 1 aliphatic rings. The number of amides is 1. The molecule has 4 rings (SSSR count). The van der Waals surface area contributed by atoms with Gasteiger partial charge in [-0.2, -0.15) is 0 Å². The minimum Gasteiger partial charge on any atom is -0.349 e. The summed E-state index contributed by atoms with van der Waals surface area (Å²) in [6.45, 7) is 8.96. The Labute approximate surface area is 187 Å². The highest BCUT2D eigenvalue weighted by molar-refractivity contribution is 9.10. The maximum Gasteiger partial charge on any atom is 0.252 e. The lowest BCUT2D eigenvalue weighted by molar-refractivity contribution is 0.0876. The van der Waals surface area contributed by atoms with Crippen molar-refractivity contribution in [1.29, 1.82) is 0 Å². The van der Waals surface area contributed by atoms with E-state index < -0.39 is 0 Å². The van der Waals surface area contributed by atoms with Crippen LogP contribution < -0.4 is 5.32 Å². The number of carbonyl (C=O) groups is 1. The topological polar surface area (TPSA) is 42.0 Å². The molecule has 3 nitrogen and oxygen atoms in total. The van der Waals surface area contributed by atoms with Gasteiger partial charge in [0, 0.05) is 21.5 Å². The van der Waals surface area contributed by atoms with Gasteiger partial charge in [0.05, 0.1) is 16.8 Å². The highest BCUT2D eigenvalue weighted by atomic mass is 79.9. The number of hydrogen-bond donors (Lipinski definition) is 1. The summed E-state index contributed by atoms with van der Waals surface area (Å²) in [5.41, 5.74) is 4.83. The zero-order valence-corrected chi connectivity index (χ0v) is 19.7. The second kappa shape index (κ2) is 8.14. The molecule has 1 aliphatic carbocycles. The fraction of sp³-hybridized carbons (Fsp3) is 0.385. The lowest BCUT2D eigenvalue weighted by Gasteiger charge is -2.39. The van der Waals surface area contributed by atoms with E-state index in [1.807, 2.05) is 24.3 Å². The SMILES string of the molecule is Cc1ccc(-c2cc(C(=O)N[C@H]3C[C@@H](C)CC(C)(C)C3)c3cc(Br)ccc3n2)cc1. The summed E-state index contributed by atoms with van der Waals surface area (Å²) in [6.07, 6.45) is 3.26. The van der Waals surface area contributed by atoms with Gasteiger partial charge in [0.15, 0.2) is 0 Å². The summed E-state index contributed by atoms with van der Waals surface area (Å²) in [5, 5.41) is 4.21. The Morgan fingerprint density at radius 1 is 1.10 bits per heavy atom. The molecule has 4 heteroatoms. The van der Waals surface area contributed by atoms with Gasteiger partial charge >= 0.3 is 0 Å². The second-order valence-electron chi connectivity index (χ2n) is 9.67. The first kappa shape index (κ1) is 21.0. The third-order valence-electron chi connectivity index (χ3n) is 6.08. The smallest absolute Gasteiger partial charge is 0.252 e. The molecule has 156 valence electrons. The van der Waals surface area contributed by atoms with Crippen molar-refractivity contribution in [2.24, 2.45) is 11.3 Å². The van der Waals surface area contributed by atoms with E-state index in [0.29, 0.717) is 11.5 Å². The van der Waals surface area contributed by atoms with Crippen LogP contribution in [-0.2, 0) is 0 Å². The fourth-order valence-electron chi connectivity index (χ4n) is 4.98. The van der Waals surface area contributed by atoms with Crippen molar-refractivity contribution in [2.45, 2.75) is 53.0 Å². The van der Waals surface area contributed by atoms with Crippen molar-refractivity contribution in [2.75, 3.05) is 0 Å². The molecule has 2 atom stereocenters. The van der Waals surface area contributed by atoms with Crippen LogP contribution in [0.2, 0.25) is 0 Å². The van der Waals surface area contributed by atoms with Crippen molar-refractivity contribution >= 4 is 32.7 Å². The molecule has 0 saturated heterocycles. The van der Waals surface area contributed by atoms with E-state index in [-0.39, 0.29) is 17.4 Å². The zero-order valence-electron chi connectivity index (χ0n) is 18.1. The molecule has 0 unspecified atom stereocenters. The largest absolute Gasteiger partial charge is 0.349 e. The monoisotopic (exact) mass is 464 g/mol. The molecule has 1 saturated carbocycles. The van der Waals surface area contributed by atoms with E-state index in [1.165, 1.54) is 12.0 Å². The van der Waals surface area contributed by atoms with Gasteiger partial charge in [0.2, 0.25) is 0 Å². The van der Waals surface area contributed by atoms with E-state index in [4.69, 9.17) is 4.98 Å². The first-order chi connectivity index (χ1) is 14.2. The van der Waals surface area contributed by atoms with Crippen molar-refractivity contribution in [3.05, 3.63) is 64.1 Å². The van der Waals surface area contributed by atoms with Crippen LogP contribution in [0.4, 0.5) is 0 Å². The highest BCUT2D eigenvalue weighted by Gasteiger charge is 2.33. The molecule has 1 fully saturated rings. The number of aromatic nitrogens is 1. The van der Waals surface area contributed by atoms with E-state index in [9.17, 15) is 4.79 Å². The van der Waals surface area contributed by atoms with Gasteiger partial charge in [0.25, 0.3) is 5.91 Å². The van der Waals surface area contributed by atoms with E-state index in [2.05, 4.69) is 73.2 Å². The summed E-state index contributed by atoms with van der Waals surface area (Å²) in [6, 6.07) is 16.4. The zero-order chi connectivity index (χ0) is 21.5. The van der Waals surface area contributed by atoms with Gasteiger partial charge in [-0.1, -0.05) is 66.5 Å². The Morgan fingerprint density at radius 2 is 1.83 bits per heavy atom. The maximum atomic E-state index is 13.4. The van der Waals surface area contributed by atoms with E-state index in [0.717, 1.165) is 39.5 Å². The molecule has 30 heavy (non-hydrogen) atoms. The standard InChI is InChI=1S/C26H29BrN2O/c1-16-5-7-18(8-6-16)24-13-22(21-12-19(27)9-10-23(21)29-24)25(30)28-20-11-17(2)14-26(3,4)15-20/h5-10,12-13,17,20H,11,14-15H2,1-4H3,(H,28,30)/t17-,20+/m1/s1. The van der Waals surface area contributed by atoms with Gasteiger partial charge in [-0.15, -0.1) is 0 Å². The third kappa shape index (κ3) is 4.59. The summed E-state index contributed by atoms with van der Waals surface area (Å²) in [5.74, 6) is 0.606. The first-order valence-electron chi connectivity index (χ1n) is 10.7. The average Bonchev–Trinajstić information content (AvgIpc) is 2.66. The summed E-state index contributed by atoms with van der Waals surface area (Å²) in [7, 11) is 0. The Kier molecular flexibility index (Phi) is 5.71. The first-order valence-corrected chi connectivity index (χ1v) is 11.5. The molecule has 0 bridgehead atoms. The minimum atomic E-state index is -0.0104. The minimum absolute atomic E-state index is 0.0104. The van der Waals surface area contributed by atoms with Gasteiger partial charge < -0.3 is 5.32 Å². The van der Waals surface area contributed by atoms with Crippen molar-refractivity contribution < 1.29 is 4.79 Å². The number of carbonyl (C=O) groups excluding carboxylic acids is 1. The average molecular weight is 465 g/mol. The molecule has 0 aliphatic heterocycles. The van der Waals surface area contributed by atoms with Crippen LogP contribution in [0.3, 0.4) is 0 Å². The number of nitrogens with zero attached hydrogens (tertiary/aromatic N) is 1. The summed E-state index contributed by atoms with van der Waals surface area (Å²) in [4.78, 5) is 18.3. The maximum absolute atomic E-state index is 13.4. The normalized spacial score (nSPS) is 20.8. The number of nitrogens with one attached hydrogen (secondary N) is 1. The van der Waals surface area contributed by atoms with Gasteiger partial charge in [-0.25, -0.2) is 4.98 Å². The summed E-state index contributed by atoms with van der Waals surface area (Å²) < 4.78 is 0.946. The molecule has 1 amide bonds. The van der Waals surface area contributed by atoms with Crippen LogP contribution in [-0.4, -0.2) is 16.9 Å². The van der Waals surface area contributed by atoms with Gasteiger partial charge in [0.1, 0.15) is 0 Å². The predicted octanol–water partition coefficient (Wildman–Crippen LogP) is 6.92. The Bertz CT molecular complexity index is 1090. The van der Waals surface area contributed by atoms with Gasteiger partial charge in [-0.05, 0) is 61.8 Å². The van der Waals surface area contributed by atoms with Crippen LogP contribution in [0.1, 0.15) is 56.0 Å². The summed E-state index contributed by atoms with van der Waals surface area (Å²) >= 11 is 3.55. The lowest BCUT2D eigenvalue weighted by Crippen LogP contribution is -2.43. The predicted molar refractivity (Wildman–Crippen MR) is 128 cm³/mol. The number of benzene rings is 2. The lowest BCUT2D eigenvalue weighted by atomic mass is 9.70. The third-order valence-corrected chi connectivity index (χ3v) is 6.58. The Balaban J connectivity index is 1.73.